The SMILES string of the molecule is CN(C=O)c1cc2c(s1)-c1ccccc1OC2c1ccccc1. The zero-order valence-corrected chi connectivity index (χ0v) is 13.4. The molecular formula is C19H15NO2S. The van der Waals surface area contributed by atoms with Crippen molar-refractivity contribution in [3.05, 3.63) is 71.8 Å². The third kappa shape index (κ3) is 2.32. The average molecular weight is 321 g/mol. The lowest BCUT2D eigenvalue weighted by molar-refractivity contribution is -0.107. The summed E-state index contributed by atoms with van der Waals surface area (Å²) in [7, 11) is 1.77. The van der Waals surface area contributed by atoms with Crippen molar-refractivity contribution in [3.63, 3.8) is 0 Å². The van der Waals surface area contributed by atoms with Gasteiger partial charge in [-0.3, -0.25) is 4.79 Å². The Hall–Kier alpha value is -2.59. The minimum atomic E-state index is -0.147. The van der Waals surface area contributed by atoms with Crippen molar-refractivity contribution in [1.82, 2.24) is 0 Å². The Morgan fingerprint density at radius 3 is 2.61 bits per heavy atom. The molecule has 23 heavy (non-hydrogen) atoms. The van der Waals surface area contributed by atoms with E-state index in [2.05, 4.69) is 24.3 Å². The highest BCUT2D eigenvalue weighted by atomic mass is 32.1. The molecule has 1 amide bonds. The number of hydrogen-bond donors (Lipinski definition) is 0. The highest BCUT2D eigenvalue weighted by Gasteiger charge is 2.30. The van der Waals surface area contributed by atoms with Crippen molar-refractivity contribution in [2.75, 3.05) is 11.9 Å². The van der Waals surface area contributed by atoms with Gasteiger partial charge in [0.1, 0.15) is 5.75 Å². The molecule has 4 rings (SSSR count). The van der Waals surface area contributed by atoms with E-state index in [1.165, 1.54) is 4.88 Å². The van der Waals surface area contributed by atoms with Crippen LogP contribution in [0.3, 0.4) is 0 Å². The topological polar surface area (TPSA) is 29.5 Å². The predicted octanol–water partition coefficient (Wildman–Crippen LogP) is 4.49. The third-order valence-corrected chi connectivity index (χ3v) is 5.29. The van der Waals surface area contributed by atoms with E-state index in [1.54, 1.807) is 23.3 Å². The number of hydrogen-bond acceptors (Lipinski definition) is 3. The molecule has 1 unspecified atom stereocenters. The van der Waals surface area contributed by atoms with E-state index in [-0.39, 0.29) is 6.10 Å². The largest absolute Gasteiger partial charge is 0.480 e. The van der Waals surface area contributed by atoms with Gasteiger partial charge < -0.3 is 9.64 Å². The van der Waals surface area contributed by atoms with Gasteiger partial charge in [0.15, 0.2) is 6.10 Å². The van der Waals surface area contributed by atoms with E-state index in [0.29, 0.717) is 0 Å². The maximum Gasteiger partial charge on any atom is 0.214 e. The van der Waals surface area contributed by atoms with Crippen LogP contribution in [-0.4, -0.2) is 13.5 Å². The fourth-order valence-corrected chi connectivity index (χ4v) is 3.99. The van der Waals surface area contributed by atoms with Gasteiger partial charge in [-0.1, -0.05) is 42.5 Å². The number of benzene rings is 2. The van der Waals surface area contributed by atoms with Crippen LogP contribution in [0.4, 0.5) is 5.00 Å². The van der Waals surface area contributed by atoms with Crippen LogP contribution in [0.25, 0.3) is 10.4 Å². The van der Waals surface area contributed by atoms with Gasteiger partial charge in [-0.2, -0.15) is 0 Å². The maximum atomic E-state index is 11.1. The Labute approximate surface area is 138 Å². The molecule has 114 valence electrons. The summed E-state index contributed by atoms with van der Waals surface area (Å²) in [6.45, 7) is 0. The molecular weight excluding hydrogens is 306 g/mol. The molecule has 1 atom stereocenters. The number of fused-ring (bicyclic) bond motifs is 3. The Morgan fingerprint density at radius 2 is 1.83 bits per heavy atom. The van der Waals surface area contributed by atoms with Crippen molar-refractivity contribution in [3.8, 4) is 16.2 Å². The monoisotopic (exact) mass is 321 g/mol. The van der Waals surface area contributed by atoms with Crippen LogP contribution in [0.5, 0.6) is 5.75 Å². The molecule has 0 N–H and O–H groups in total. The number of carbonyl (C=O) groups excluding carboxylic acids is 1. The summed E-state index contributed by atoms with van der Waals surface area (Å²) < 4.78 is 6.27. The predicted molar refractivity (Wildman–Crippen MR) is 93.1 cm³/mol. The van der Waals surface area contributed by atoms with Gasteiger partial charge in [0.2, 0.25) is 6.41 Å². The first-order chi connectivity index (χ1) is 11.3. The van der Waals surface area contributed by atoms with Crippen LogP contribution in [-0.2, 0) is 4.79 Å². The molecule has 1 aliphatic heterocycles. The lowest BCUT2D eigenvalue weighted by atomic mass is 9.96. The molecule has 0 saturated carbocycles. The Balaban J connectivity index is 1.91. The van der Waals surface area contributed by atoms with Crippen LogP contribution in [0, 0.1) is 0 Å². The molecule has 3 nitrogen and oxygen atoms in total. The summed E-state index contributed by atoms with van der Waals surface area (Å²) in [6, 6.07) is 20.3. The molecule has 0 saturated heterocycles. The van der Waals surface area contributed by atoms with Crippen molar-refractivity contribution in [2.24, 2.45) is 0 Å². The van der Waals surface area contributed by atoms with Crippen molar-refractivity contribution in [2.45, 2.75) is 6.10 Å². The second-order valence-corrected chi connectivity index (χ2v) is 6.52. The lowest BCUT2D eigenvalue weighted by Gasteiger charge is -2.26. The molecule has 1 aliphatic rings. The first-order valence-corrected chi connectivity index (χ1v) is 8.22. The van der Waals surface area contributed by atoms with E-state index in [9.17, 15) is 4.79 Å². The molecule has 0 radical (unpaired) electrons. The summed E-state index contributed by atoms with van der Waals surface area (Å²) in [5.41, 5.74) is 3.31. The number of ether oxygens (including phenoxy) is 1. The fraction of sp³-hybridized carbons (Fsp3) is 0.105. The zero-order chi connectivity index (χ0) is 15.8. The normalized spacial score (nSPS) is 15.3. The maximum absolute atomic E-state index is 11.1. The number of amides is 1. The molecule has 0 aliphatic carbocycles. The quantitative estimate of drug-likeness (QED) is 0.665. The van der Waals surface area contributed by atoms with Crippen LogP contribution in [0.2, 0.25) is 0 Å². The van der Waals surface area contributed by atoms with Crippen LogP contribution in [0.15, 0.2) is 60.7 Å². The van der Waals surface area contributed by atoms with E-state index in [0.717, 1.165) is 33.9 Å². The number of para-hydroxylation sites is 1. The number of anilines is 1. The second kappa shape index (κ2) is 5.56. The van der Waals surface area contributed by atoms with E-state index in [4.69, 9.17) is 4.74 Å². The lowest BCUT2D eigenvalue weighted by Crippen LogP contribution is -2.14. The molecule has 3 aromatic rings. The second-order valence-electron chi connectivity index (χ2n) is 5.49. The van der Waals surface area contributed by atoms with Crippen molar-refractivity contribution < 1.29 is 9.53 Å². The molecule has 0 spiro atoms. The highest BCUT2D eigenvalue weighted by Crippen LogP contribution is 2.50. The number of thiophene rings is 1. The summed E-state index contributed by atoms with van der Waals surface area (Å²) in [5.74, 6) is 0.885. The fourth-order valence-electron chi connectivity index (χ4n) is 2.85. The smallest absolute Gasteiger partial charge is 0.214 e. The van der Waals surface area contributed by atoms with Gasteiger partial charge in [-0.05, 0) is 23.8 Å². The van der Waals surface area contributed by atoms with Crippen LogP contribution in [0.1, 0.15) is 17.2 Å². The van der Waals surface area contributed by atoms with Crippen LogP contribution >= 0.6 is 11.3 Å². The van der Waals surface area contributed by atoms with Gasteiger partial charge in [-0.25, -0.2) is 0 Å². The van der Waals surface area contributed by atoms with Gasteiger partial charge in [0.05, 0.1) is 5.00 Å². The molecule has 2 aromatic carbocycles. The van der Waals surface area contributed by atoms with Crippen LogP contribution < -0.4 is 9.64 Å². The van der Waals surface area contributed by atoms with E-state index >= 15 is 0 Å². The number of rotatable bonds is 3. The number of carbonyl (C=O) groups is 1. The molecule has 2 heterocycles. The highest BCUT2D eigenvalue weighted by molar-refractivity contribution is 7.19. The van der Waals surface area contributed by atoms with Gasteiger partial charge >= 0.3 is 0 Å². The molecule has 4 heteroatoms. The third-order valence-electron chi connectivity index (χ3n) is 4.01. The zero-order valence-electron chi connectivity index (χ0n) is 12.6. The summed E-state index contributed by atoms with van der Waals surface area (Å²) >= 11 is 1.62. The molecule has 0 fully saturated rings. The van der Waals surface area contributed by atoms with Gasteiger partial charge in [0, 0.05) is 23.1 Å². The van der Waals surface area contributed by atoms with Gasteiger partial charge in [0.25, 0.3) is 0 Å². The summed E-state index contributed by atoms with van der Waals surface area (Å²) in [6.07, 6.45) is 0.688. The summed E-state index contributed by atoms with van der Waals surface area (Å²) in [4.78, 5) is 13.9. The molecule has 1 aromatic heterocycles. The minimum absolute atomic E-state index is 0.147. The minimum Gasteiger partial charge on any atom is -0.480 e. The van der Waals surface area contributed by atoms with E-state index < -0.39 is 0 Å². The van der Waals surface area contributed by atoms with Crippen molar-refractivity contribution >= 4 is 22.7 Å². The first-order valence-electron chi connectivity index (χ1n) is 7.41. The Kier molecular flexibility index (Phi) is 3.39. The number of nitrogens with zero attached hydrogens (tertiary/aromatic N) is 1. The Morgan fingerprint density at radius 1 is 1.09 bits per heavy atom. The summed E-state index contributed by atoms with van der Waals surface area (Å²) in [5, 5.41) is 0.922. The first kappa shape index (κ1) is 14.0. The van der Waals surface area contributed by atoms with E-state index in [1.807, 2.05) is 36.4 Å². The van der Waals surface area contributed by atoms with Gasteiger partial charge in [-0.15, -0.1) is 11.3 Å². The Bertz CT molecular complexity index is 857. The standard InChI is InChI=1S/C19H15NO2S/c1-20(12-21)17-11-15-18(13-7-3-2-4-8-13)22-16-10-6-5-9-14(16)19(15)23-17/h2-12,18H,1H3. The van der Waals surface area contributed by atoms with Crippen molar-refractivity contribution in [1.29, 1.82) is 0 Å². The molecule has 0 bridgehead atoms. The average Bonchev–Trinajstić information content (AvgIpc) is 3.06.